The molecule has 0 saturated carbocycles. The number of anilines is 1. The van der Waals surface area contributed by atoms with Crippen LogP contribution in [0.25, 0.3) is 6.08 Å². The predicted octanol–water partition coefficient (Wildman–Crippen LogP) is 4.61. The maximum atomic E-state index is 12.6. The Hall–Kier alpha value is -2.70. The standard InChI is InChI=1S/C22H20Cl2N2O4/c23-16-9-14(10-17(24)11-16)1-4-21(27)26-7-5-15(6-8-26)22(28)25-18-2-3-19-20(12-18)30-13-29-19/h1-4,9-12,15H,5-8,13H2,(H,25,28). The second-order valence-electron chi connectivity index (χ2n) is 7.19. The molecule has 2 aromatic carbocycles. The van der Waals surface area contributed by atoms with E-state index in [1.54, 1.807) is 47.4 Å². The van der Waals surface area contributed by atoms with Crippen molar-refractivity contribution < 1.29 is 19.1 Å². The summed E-state index contributed by atoms with van der Waals surface area (Å²) < 4.78 is 10.6. The maximum absolute atomic E-state index is 12.6. The molecule has 0 unspecified atom stereocenters. The van der Waals surface area contributed by atoms with Crippen LogP contribution < -0.4 is 14.8 Å². The molecule has 30 heavy (non-hydrogen) atoms. The van der Waals surface area contributed by atoms with E-state index >= 15 is 0 Å². The molecule has 1 saturated heterocycles. The Kier molecular flexibility index (Phi) is 6.16. The lowest BCUT2D eigenvalue weighted by atomic mass is 9.95. The lowest BCUT2D eigenvalue weighted by molar-refractivity contribution is -0.130. The van der Waals surface area contributed by atoms with E-state index in [1.165, 1.54) is 6.08 Å². The zero-order chi connectivity index (χ0) is 21.1. The number of nitrogens with zero attached hydrogens (tertiary/aromatic N) is 1. The van der Waals surface area contributed by atoms with Gasteiger partial charge in [-0.1, -0.05) is 23.2 Å². The molecule has 2 aliphatic heterocycles. The molecule has 0 bridgehead atoms. The number of amides is 2. The minimum atomic E-state index is -0.143. The van der Waals surface area contributed by atoms with Gasteiger partial charge in [0.05, 0.1) is 0 Å². The molecule has 2 heterocycles. The number of carbonyl (C=O) groups excluding carboxylic acids is 2. The Morgan fingerprint density at radius 2 is 1.70 bits per heavy atom. The number of likely N-dealkylation sites (tertiary alicyclic amines) is 1. The van der Waals surface area contributed by atoms with E-state index in [0.717, 1.165) is 5.56 Å². The number of hydrogen-bond donors (Lipinski definition) is 1. The van der Waals surface area contributed by atoms with Gasteiger partial charge in [0.15, 0.2) is 11.5 Å². The summed E-state index contributed by atoms with van der Waals surface area (Å²) in [6.07, 6.45) is 4.42. The minimum Gasteiger partial charge on any atom is -0.454 e. The topological polar surface area (TPSA) is 67.9 Å². The molecular formula is C22H20Cl2N2O4. The molecule has 0 spiro atoms. The SMILES string of the molecule is O=C(Nc1ccc2c(c1)OCO2)C1CCN(C(=O)C=Cc2cc(Cl)cc(Cl)c2)CC1. The van der Waals surface area contributed by atoms with Gasteiger partial charge in [-0.2, -0.15) is 0 Å². The van der Waals surface area contributed by atoms with Crippen LogP contribution in [0.3, 0.4) is 0 Å². The van der Waals surface area contributed by atoms with Crippen molar-refractivity contribution in [2.75, 3.05) is 25.2 Å². The number of benzene rings is 2. The normalized spacial score (nSPS) is 16.1. The third-order valence-electron chi connectivity index (χ3n) is 5.12. The Balaban J connectivity index is 1.29. The molecule has 156 valence electrons. The van der Waals surface area contributed by atoms with Gasteiger partial charge in [-0.05, 0) is 54.8 Å². The third-order valence-corrected chi connectivity index (χ3v) is 5.56. The number of ether oxygens (including phenoxy) is 2. The fraction of sp³-hybridized carbons (Fsp3) is 0.273. The van der Waals surface area contributed by atoms with Gasteiger partial charge in [0.2, 0.25) is 18.6 Å². The van der Waals surface area contributed by atoms with Gasteiger partial charge in [0, 0.05) is 46.9 Å². The second-order valence-corrected chi connectivity index (χ2v) is 8.07. The van der Waals surface area contributed by atoms with E-state index in [9.17, 15) is 9.59 Å². The Morgan fingerprint density at radius 3 is 2.43 bits per heavy atom. The number of carbonyl (C=O) groups is 2. The predicted molar refractivity (Wildman–Crippen MR) is 116 cm³/mol. The molecule has 0 atom stereocenters. The van der Waals surface area contributed by atoms with E-state index in [2.05, 4.69) is 5.32 Å². The number of rotatable bonds is 4. The van der Waals surface area contributed by atoms with Crippen LogP contribution in [0.15, 0.2) is 42.5 Å². The highest BCUT2D eigenvalue weighted by Crippen LogP contribution is 2.34. The average Bonchev–Trinajstić information content (AvgIpc) is 3.19. The first-order valence-electron chi connectivity index (χ1n) is 9.61. The van der Waals surface area contributed by atoms with Gasteiger partial charge in [0.25, 0.3) is 0 Å². The highest BCUT2D eigenvalue weighted by atomic mass is 35.5. The van der Waals surface area contributed by atoms with Crippen LogP contribution in [0.2, 0.25) is 10.0 Å². The van der Waals surface area contributed by atoms with Crippen molar-refractivity contribution in [2.45, 2.75) is 12.8 Å². The van der Waals surface area contributed by atoms with Crippen molar-refractivity contribution in [2.24, 2.45) is 5.92 Å². The quantitative estimate of drug-likeness (QED) is 0.696. The number of nitrogens with one attached hydrogen (secondary N) is 1. The molecule has 4 rings (SSSR count). The van der Waals surface area contributed by atoms with E-state index in [-0.39, 0.29) is 24.5 Å². The zero-order valence-corrected chi connectivity index (χ0v) is 17.6. The van der Waals surface area contributed by atoms with Crippen molar-refractivity contribution >= 4 is 46.8 Å². The van der Waals surface area contributed by atoms with Crippen LogP contribution in [0, 0.1) is 5.92 Å². The van der Waals surface area contributed by atoms with Crippen molar-refractivity contribution in [3.8, 4) is 11.5 Å². The summed E-state index contributed by atoms with van der Waals surface area (Å²) >= 11 is 12.0. The van der Waals surface area contributed by atoms with Crippen LogP contribution in [-0.4, -0.2) is 36.6 Å². The van der Waals surface area contributed by atoms with Gasteiger partial charge in [-0.3, -0.25) is 9.59 Å². The van der Waals surface area contributed by atoms with Crippen LogP contribution in [-0.2, 0) is 9.59 Å². The van der Waals surface area contributed by atoms with Crippen LogP contribution in [0.4, 0.5) is 5.69 Å². The first-order valence-corrected chi connectivity index (χ1v) is 10.4. The minimum absolute atomic E-state index is 0.0509. The number of piperidine rings is 1. The second kappa shape index (κ2) is 8.98. The fourth-order valence-electron chi connectivity index (χ4n) is 3.52. The van der Waals surface area contributed by atoms with Crippen LogP contribution in [0.5, 0.6) is 11.5 Å². The van der Waals surface area contributed by atoms with Crippen LogP contribution >= 0.6 is 23.2 Å². The largest absolute Gasteiger partial charge is 0.454 e. The molecule has 6 nitrogen and oxygen atoms in total. The van der Waals surface area contributed by atoms with Crippen molar-refractivity contribution in [1.29, 1.82) is 0 Å². The van der Waals surface area contributed by atoms with Gasteiger partial charge >= 0.3 is 0 Å². The monoisotopic (exact) mass is 446 g/mol. The number of fused-ring (bicyclic) bond motifs is 1. The summed E-state index contributed by atoms with van der Waals surface area (Å²) in [4.78, 5) is 26.8. The molecule has 0 aromatic heterocycles. The van der Waals surface area contributed by atoms with Gasteiger partial charge < -0.3 is 19.7 Å². The van der Waals surface area contributed by atoms with Crippen molar-refractivity contribution in [3.63, 3.8) is 0 Å². The summed E-state index contributed by atoms with van der Waals surface area (Å²) in [7, 11) is 0. The average molecular weight is 447 g/mol. The zero-order valence-electron chi connectivity index (χ0n) is 16.1. The lowest BCUT2D eigenvalue weighted by Gasteiger charge is -2.30. The molecular weight excluding hydrogens is 427 g/mol. The molecule has 8 heteroatoms. The van der Waals surface area contributed by atoms with Crippen molar-refractivity contribution in [1.82, 2.24) is 4.90 Å². The highest BCUT2D eigenvalue weighted by molar-refractivity contribution is 6.34. The molecule has 0 aliphatic carbocycles. The lowest BCUT2D eigenvalue weighted by Crippen LogP contribution is -2.40. The molecule has 2 aliphatic rings. The summed E-state index contributed by atoms with van der Waals surface area (Å²) in [6, 6.07) is 10.4. The van der Waals surface area contributed by atoms with Gasteiger partial charge in [0.1, 0.15) is 0 Å². The first-order chi connectivity index (χ1) is 14.5. The van der Waals surface area contributed by atoms with Gasteiger partial charge in [-0.15, -0.1) is 0 Å². The number of halogens is 2. The van der Waals surface area contributed by atoms with E-state index < -0.39 is 0 Å². The third kappa shape index (κ3) is 4.89. The van der Waals surface area contributed by atoms with E-state index in [1.807, 2.05) is 0 Å². The van der Waals surface area contributed by atoms with E-state index in [0.29, 0.717) is 53.2 Å². The molecule has 1 fully saturated rings. The van der Waals surface area contributed by atoms with E-state index in [4.69, 9.17) is 32.7 Å². The molecule has 0 radical (unpaired) electrons. The Morgan fingerprint density at radius 1 is 1.00 bits per heavy atom. The summed E-state index contributed by atoms with van der Waals surface area (Å²) in [6.45, 7) is 1.25. The summed E-state index contributed by atoms with van der Waals surface area (Å²) in [5.41, 5.74) is 1.43. The molecule has 2 amide bonds. The molecule has 2 aromatic rings. The van der Waals surface area contributed by atoms with Gasteiger partial charge in [-0.25, -0.2) is 0 Å². The summed E-state index contributed by atoms with van der Waals surface area (Å²) in [5.74, 6) is 1.01. The van der Waals surface area contributed by atoms with Crippen LogP contribution in [0.1, 0.15) is 18.4 Å². The summed E-state index contributed by atoms with van der Waals surface area (Å²) in [5, 5.41) is 3.96. The first kappa shape index (κ1) is 20.6. The Labute approximate surface area is 184 Å². The fourth-order valence-corrected chi connectivity index (χ4v) is 4.07. The highest BCUT2D eigenvalue weighted by Gasteiger charge is 2.27. The maximum Gasteiger partial charge on any atom is 0.246 e. The van der Waals surface area contributed by atoms with Crippen molar-refractivity contribution in [3.05, 3.63) is 58.1 Å². The Bertz CT molecular complexity index is 980. The molecule has 1 N–H and O–H groups in total. The smallest absolute Gasteiger partial charge is 0.246 e. The number of hydrogen-bond acceptors (Lipinski definition) is 4.